The van der Waals surface area contributed by atoms with Gasteiger partial charge in [-0.25, -0.2) is 13.9 Å². The van der Waals surface area contributed by atoms with E-state index in [1.54, 1.807) is 0 Å². The molecule has 0 aromatic carbocycles. The van der Waals surface area contributed by atoms with Crippen molar-refractivity contribution in [2.75, 3.05) is 4.31 Å². The average Bonchev–Trinajstić information content (AvgIpc) is 2.68. The molecule has 0 spiro atoms. The van der Waals surface area contributed by atoms with E-state index in [0.717, 1.165) is 24.0 Å². The Labute approximate surface area is 120 Å². The van der Waals surface area contributed by atoms with Crippen LogP contribution in [-0.4, -0.2) is 30.6 Å². The fraction of sp³-hybridized carbons (Fsp3) is 0.556. The summed E-state index contributed by atoms with van der Waals surface area (Å²) in [4.78, 5) is 11.3. The highest BCUT2D eigenvalue weighted by Crippen LogP contribution is 2.33. The molecule has 126 valence electrons. The molecule has 0 atom stereocenters. The monoisotopic (exact) mass is 354 g/mol. The number of aromatic nitrogens is 2. The molecule has 0 N–H and O–H groups in total. The number of rotatable bonds is 3. The third-order valence-electron chi connectivity index (χ3n) is 2.52. The second-order valence-electron chi connectivity index (χ2n) is 4.01. The van der Waals surface area contributed by atoms with Crippen molar-refractivity contribution in [3.05, 3.63) is 12.4 Å². The minimum absolute atomic E-state index is 0.162. The predicted octanol–water partition coefficient (Wildman–Crippen LogP) is 1.08. The minimum Gasteiger partial charge on any atom is -0.244 e. The number of hydrogen-bond donors (Lipinski definition) is 0. The number of halogens is 6. The summed E-state index contributed by atoms with van der Waals surface area (Å²) >= 11 is 0. The quantitative estimate of drug-likeness (QED) is 0.603. The van der Waals surface area contributed by atoms with Crippen LogP contribution in [-0.2, 0) is 28.4 Å². The molecule has 13 heteroatoms. The van der Waals surface area contributed by atoms with Crippen molar-refractivity contribution in [2.45, 2.75) is 25.2 Å². The van der Waals surface area contributed by atoms with Gasteiger partial charge in [0, 0.05) is 0 Å². The number of sulfonamides is 1. The normalized spacial score (nSPS) is 13.3. The van der Waals surface area contributed by atoms with Crippen molar-refractivity contribution in [1.82, 2.24) is 4.57 Å². The van der Waals surface area contributed by atoms with Gasteiger partial charge in [-0.15, -0.1) is 0 Å². The average molecular weight is 354 g/mol. The molecule has 0 unspecified atom stereocenters. The summed E-state index contributed by atoms with van der Waals surface area (Å²) in [6.07, 6.45) is -3.76. The molecule has 1 rings (SSSR count). The molecular weight excluding hydrogens is 344 g/mol. The smallest absolute Gasteiger partial charge is 0.244 e. The Morgan fingerprint density at radius 1 is 1.27 bits per heavy atom. The molecule has 0 fully saturated rings. The lowest BCUT2D eigenvalue weighted by Crippen LogP contribution is -2.54. The third-order valence-corrected chi connectivity index (χ3v) is 3.92. The summed E-state index contributed by atoms with van der Waals surface area (Å²) in [6.45, 7) is 1.19. The van der Waals surface area contributed by atoms with Crippen LogP contribution in [0.1, 0.15) is 6.92 Å². The van der Waals surface area contributed by atoms with Crippen LogP contribution in [0.25, 0.3) is 0 Å². The van der Waals surface area contributed by atoms with E-state index in [4.69, 9.17) is 0 Å². The maximum Gasteiger partial charge on any atom is 0.530 e. The van der Waals surface area contributed by atoms with Gasteiger partial charge >= 0.3 is 33.6 Å². The molecule has 0 aliphatic rings. The van der Waals surface area contributed by atoms with Gasteiger partial charge in [0.2, 0.25) is 0 Å². The maximum absolute atomic E-state index is 12.6. The van der Waals surface area contributed by atoms with Crippen LogP contribution < -0.4 is 8.87 Å². The minimum atomic E-state index is -6.58. The molecule has 0 aliphatic carbocycles. The number of alkyl halides is 6. The van der Waals surface area contributed by atoms with Crippen molar-refractivity contribution in [3.63, 3.8) is 0 Å². The first-order valence-corrected chi connectivity index (χ1v) is 6.96. The van der Waals surface area contributed by atoms with E-state index in [1.807, 2.05) is 0 Å². The van der Waals surface area contributed by atoms with Crippen molar-refractivity contribution in [3.8, 4) is 0 Å². The number of anilines is 1. The zero-order valence-electron chi connectivity index (χ0n) is 11.1. The Hall–Kier alpha value is -1.79. The van der Waals surface area contributed by atoms with Crippen LogP contribution >= 0.6 is 0 Å². The standard InChI is InChI=1S/C9H10F6N3O3S/c1-3-17-5-4-16(2)7(17)18(6(19)8(10,11)12)22(20,21)9(13,14)15/h4-5H,3H2,1-2H3/q+1. The largest absolute Gasteiger partial charge is 0.530 e. The molecule has 1 aromatic heterocycles. The molecule has 0 aliphatic heterocycles. The number of nitrogens with zero attached hydrogens (tertiary/aromatic N) is 3. The summed E-state index contributed by atoms with van der Waals surface area (Å²) < 4.78 is 98.4. The van der Waals surface area contributed by atoms with Crippen molar-refractivity contribution in [2.24, 2.45) is 7.05 Å². The molecule has 1 amide bonds. The fourth-order valence-corrected chi connectivity index (χ4v) is 2.53. The van der Waals surface area contributed by atoms with Crippen molar-refractivity contribution in [1.29, 1.82) is 0 Å². The molecule has 0 saturated carbocycles. The summed E-state index contributed by atoms with van der Waals surface area (Å²) in [5.74, 6) is -4.24. The van der Waals surface area contributed by atoms with Crippen LogP contribution in [0.5, 0.6) is 0 Å². The Morgan fingerprint density at radius 2 is 1.77 bits per heavy atom. The lowest BCUT2D eigenvalue weighted by atomic mass is 10.6. The highest BCUT2D eigenvalue weighted by Gasteiger charge is 2.63. The van der Waals surface area contributed by atoms with E-state index in [-0.39, 0.29) is 6.54 Å². The number of carbonyl (C=O) groups is 1. The Kier molecular flexibility index (Phi) is 4.52. The summed E-state index contributed by atoms with van der Waals surface area (Å²) in [7, 11) is -5.57. The third kappa shape index (κ3) is 3.03. The van der Waals surface area contributed by atoms with Gasteiger partial charge in [0.1, 0.15) is 0 Å². The number of aryl methyl sites for hydroxylation is 2. The van der Waals surface area contributed by atoms with Gasteiger partial charge in [-0.2, -0.15) is 34.8 Å². The zero-order valence-corrected chi connectivity index (χ0v) is 11.9. The number of hydrogen-bond acceptors (Lipinski definition) is 3. The first-order valence-electron chi connectivity index (χ1n) is 5.52. The Balaban J connectivity index is 3.70. The predicted molar refractivity (Wildman–Crippen MR) is 59.8 cm³/mol. The summed E-state index contributed by atoms with van der Waals surface area (Å²) in [5, 5.41) is 0. The highest BCUT2D eigenvalue weighted by atomic mass is 32.2. The van der Waals surface area contributed by atoms with Gasteiger partial charge in [0.15, 0.2) is 0 Å². The van der Waals surface area contributed by atoms with Gasteiger partial charge in [-0.1, -0.05) is 4.31 Å². The van der Waals surface area contributed by atoms with Crippen LogP contribution in [0, 0.1) is 0 Å². The van der Waals surface area contributed by atoms with E-state index >= 15 is 0 Å². The van der Waals surface area contributed by atoms with Crippen molar-refractivity contribution < 1.29 is 44.1 Å². The van der Waals surface area contributed by atoms with Gasteiger partial charge in [0.25, 0.3) is 0 Å². The van der Waals surface area contributed by atoms with Gasteiger partial charge in [-0.3, -0.25) is 0 Å². The Bertz CT molecular complexity index is 676. The molecule has 1 heterocycles. The molecule has 6 nitrogen and oxygen atoms in total. The van der Waals surface area contributed by atoms with Gasteiger partial charge in [0.05, 0.1) is 26.0 Å². The molecule has 1 aromatic rings. The number of carbonyl (C=O) groups excluding carboxylic acids is 1. The molecular formula is C9H10F6N3O3S+. The summed E-state index contributed by atoms with van der Waals surface area (Å²) in [6, 6.07) is 0. The lowest BCUT2D eigenvalue weighted by molar-refractivity contribution is -0.657. The van der Waals surface area contributed by atoms with E-state index in [0.29, 0.717) is 4.57 Å². The summed E-state index contributed by atoms with van der Waals surface area (Å²) in [5.41, 5.74) is -6.08. The van der Waals surface area contributed by atoms with E-state index in [9.17, 15) is 39.6 Å². The van der Waals surface area contributed by atoms with Gasteiger partial charge < -0.3 is 0 Å². The van der Waals surface area contributed by atoms with Crippen molar-refractivity contribution >= 4 is 21.9 Å². The van der Waals surface area contributed by atoms with Gasteiger partial charge in [-0.05, 0) is 6.92 Å². The second-order valence-corrected chi connectivity index (χ2v) is 5.79. The van der Waals surface area contributed by atoms with Crippen LogP contribution in [0.15, 0.2) is 12.4 Å². The fourth-order valence-electron chi connectivity index (χ4n) is 1.55. The van der Waals surface area contributed by atoms with E-state index in [2.05, 4.69) is 0 Å². The number of amides is 1. The Morgan fingerprint density at radius 3 is 2.14 bits per heavy atom. The number of imidazole rings is 1. The topological polar surface area (TPSA) is 63.3 Å². The van der Waals surface area contributed by atoms with Crippen LogP contribution in [0.2, 0.25) is 0 Å². The first kappa shape index (κ1) is 18.3. The van der Waals surface area contributed by atoms with Crippen LogP contribution in [0.4, 0.5) is 32.3 Å². The van der Waals surface area contributed by atoms with E-state index in [1.165, 1.54) is 6.92 Å². The molecule has 0 radical (unpaired) electrons. The zero-order chi connectivity index (χ0) is 17.5. The van der Waals surface area contributed by atoms with Crippen LogP contribution in [0.3, 0.4) is 0 Å². The molecule has 0 saturated heterocycles. The SMILES string of the molecule is CCn1cc[n+](C)c1N(C(=O)C(F)(F)F)S(=O)(=O)C(F)(F)F. The highest BCUT2D eigenvalue weighted by molar-refractivity contribution is 7.94. The molecule has 0 bridgehead atoms. The first-order chi connectivity index (χ1) is 9.75. The van der Waals surface area contributed by atoms with E-state index < -0.39 is 37.9 Å². The maximum atomic E-state index is 12.6. The second kappa shape index (κ2) is 5.44. The molecule has 22 heavy (non-hydrogen) atoms. The lowest BCUT2D eigenvalue weighted by Gasteiger charge is -2.19.